The van der Waals surface area contributed by atoms with Crippen LogP contribution < -0.4 is 10.2 Å². The van der Waals surface area contributed by atoms with E-state index in [9.17, 15) is 4.79 Å². The summed E-state index contributed by atoms with van der Waals surface area (Å²) in [6, 6.07) is 21.3. The number of amides is 1. The zero-order valence-corrected chi connectivity index (χ0v) is 15.0. The van der Waals surface area contributed by atoms with Crippen molar-refractivity contribution in [1.29, 1.82) is 0 Å². The van der Waals surface area contributed by atoms with Gasteiger partial charge in [0.1, 0.15) is 11.5 Å². The van der Waals surface area contributed by atoms with Crippen molar-refractivity contribution < 1.29 is 4.79 Å². The van der Waals surface area contributed by atoms with Gasteiger partial charge in [0.2, 0.25) is 0 Å². The Bertz CT molecular complexity index is 866. The first-order valence-electron chi connectivity index (χ1n) is 8.70. The molecule has 0 radical (unpaired) electrons. The van der Waals surface area contributed by atoms with Crippen molar-refractivity contribution in [3.63, 3.8) is 0 Å². The van der Waals surface area contributed by atoms with E-state index in [1.54, 1.807) is 6.07 Å². The molecule has 0 spiro atoms. The van der Waals surface area contributed by atoms with Crippen LogP contribution in [0.25, 0.3) is 11.4 Å². The zero-order chi connectivity index (χ0) is 18.4. The molecule has 5 heteroatoms. The second-order valence-electron chi connectivity index (χ2n) is 5.95. The standard InChI is InChI=1S/C21H22N4O/c1-3-14-22-21(26)18-15-19(25(2)17-12-8-5-9-13-17)24-20(23-18)16-10-6-4-7-11-16/h4-13,15H,3,14H2,1-2H3,(H,22,26). The average Bonchev–Trinajstić information content (AvgIpc) is 2.72. The van der Waals surface area contributed by atoms with Crippen LogP contribution in [0.2, 0.25) is 0 Å². The van der Waals surface area contributed by atoms with Crippen molar-refractivity contribution in [3.8, 4) is 11.4 Å². The molecule has 0 aliphatic carbocycles. The third-order valence-corrected chi connectivity index (χ3v) is 4.00. The third kappa shape index (κ3) is 4.06. The van der Waals surface area contributed by atoms with Crippen LogP contribution in [-0.4, -0.2) is 29.5 Å². The van der Waals surface area contributed by atoms with Crippen molar-refractivity contribution in [2.75, 3.05) is 18.5 Å². The lowest BCUT2D eigenvalue weighted by Gasteiger charge is -2.19. The van der Waals surface area contributed by atoms with Gasteiger partial charge < -0.3 is 10.2 Å². The lowest BCUT2D eigenvalue weighted by atomic mass is 10.2. The maximum absolute atomic E-state index is 12.5. The van der Waals surface area contributed by atoms with Crippen LogP contribution in [0, 0.1) is 0 Å². The molecule has 1 heterocycles. The van der Waals surface area contributed by atoms with E-state index in [2.05, 4.69) is 15.3 Å². The summed E-state index contributed by atoms with van der Waals surface area (Å²) >= 11 is 0. The number of rotatable bonds is 6. The first-order chi connectivity index (χ1) is 12.7. The number of carbonyl (C=O) groups is 1. The highest BCUT2D eigenvalue weighted by Crippen LogP contribution is 2.25. The molecule has 0 aliphatic heterocycles. The van der Waals surface area contributed by atoms with Crippen molar-refractivity contribution >= 4 is 17.4 Å². The van der Waals surface area contributed by atoms with Crippen LogP contribution in [-0.2, 0) is 0 Å². The number of para-hydroxylation sites is 1. The lowest BCUT2D eigenvalue weighted by Crippen LogP contribution is -2.26. The molecule has 0 saturated heterocycles. The highest BCUT2D eigenvalue weighted by molar-refractivity contribution is 5.93. The smallest absolute Gasteiger partial charge is 0.270 e. The van der Waals surface area contributed by atoms with E-state index >= 15 is 0 Å². The van der Waals surface area contributed by atoms with Gasteiger partial charge in [0.05, 0.1) is 0 Å². The summed E-state index contributed by atoms with van der Waals surface area (Å²) in [4.78, 5) is 23.6. The number of benzene rings is 2. The molecule has 0 atom stereocenters. The molecule has 5 nitrogen and oxygen atoms in total. The molecule has 3 rings (SSSR count). The van der Waals surface area contributed by atoms with E-state index in [4.69, 9.17) is 0 Å². The Kier molecular flexibility index (Phi) is 5.59. The van der Waals surface area contributed by atoms with Crippen molar-refractivity contribution in [2.24, 2.45) is 0 Å². The summed E-state index contributed by atoms with van der Waals surface area (Å²) in [6.45, 7) is 2.64. The molecule has 3 aromatic rings. The summed E-state index contributed by atoms with van der Waals surface area (Å²) in [5, 5.41) is 2.89. The van der Waals surface area contributed by atoms with E-state index in [0.717, 1.165) is 17.7 Å². The highest BCUT2D eigenvalue weighted by Gasteiger charge is 2.15. The number of carbonyl (C=O) groups excluding carboxylic acids is 1. The van der Waals surface area contributed by atoms with Crippen LogP contribution in [0.15, 0.2) is 66.7 Å². The average molecular weight is 346 g/mol. The third-order valence-electron chi connectivity index (χ3n) is 4.00. The van der Waals surface area contributed by atoms with Crippen LogP contribution in [0.3, 0.4) is 0 Å². The summed E-state index contributed by atoms with van der Waals surface area (Å²) in [6.07, 6.45) is 0.874. The van der Waals surface area contributed by atoms with Gasteiger partial charge in [-0.15, -0.1) is 0 Å². The first-order valence-corrected chi connectivity index (χ1v) is 8.70. The molecule has 0 saturated carbocycles. The summed E-state index contributed by atoms with van der Waals surface area (Å²) < 4.78 is 0. The van der Waals surface area contributed by atoms with Crippen LogP contribution in [0.4, 0.5) is 11.5 Å². The minimum atomic E-state index is -0.186. The Morgan fingerprint density at radius 1 is 1.00 bits per heavy atom. The summed E-state index contributed by atoms with van der Waals surface area (Å²) in [5.74, 6) is 1.02. The Morgan fingerprint density at radius 2 is 1.65 bits per heavy atom. The Hall–Kier alpha value is -3.21. The normalized spacial score (nSPS) is 10.4. The van der Waals surface area contributed by atoms with Crippen molar-refractivity contribution in [3.05, 3.63) is 72.4 Å². The molecule has 0 aliphatic rings. The number of anilines is 2. The van der Waals surface area contributed by atoms with E-state index in [1.165, 1.54) is 0 Å². The minimum Gasteiger partial charge on any atom is -0.351 e. The maximum atomic E-state index is 12.5. The molecule has 1 amide bonds. The van der Waals surface area contributed by atoms with Crippen LogP contribution in [0.1, 0.15) is 23.8 Å². The van der Waals surface area contributed by atoms with Gasteiger partial charge in [0.15, 0.2) is 5.82 Å². The zero-order valence-electron chi connectivity index (χ0n) is 15.0. The largest absolute Gasteiger partial charge is 0.351 e. The highest BCUT2D eigenvalue weighted by atomic mass is 16.1. The van der Waals surface area contributed by atoms with Crippen LogP contribution in [0.5, 0.6) is 0 Å². The fourth-order valence-electron chi connectivity index (χ4n) is 2.55. The summed E-state index contributed by atoms with van der Waals surface area (Å²) in [7, 11) is 1.93. The van der Waals surface area contributed by atoms with Gasteiger partial charge in [0.25, 0.3) is 5.91 Å². The number of hydrogen-bond donors (Lipinski definition) is 1. The monoisotopic (exact) mass is 346 g/mol. The number of nitrogens with one attached hydrogen (secondary N) is 1. The van der Waals surface area contributed by atoms with Crippen molar-refractivity contribution in [2.45, 2.75) is 13.3 Å². The Balaban J connectivity index is 2.04. The Labute approximate surface area is 153 Å². The SMILES string of the molecule is CCCNC(=O)c1cc(N(C)c2ccccc2)nc(-c2ccccc2)n1. The maximum Gasteiger partial charge on any atom is 0.270 e. The molecular formula is C21H22N4O. The van der Waals surface area contributed by atoms with Gasteiger partial charge in [0, 0.05) is 30.9 Å². The summed E-state index contributed by atoms with van der Waals surface area (Å²) in [5.41, 5.74) is 2.23. The Morgan fingerprint density at radius 3 is 2.31 bits per heavy atom. The second-order valence-corrected chi connectivity index (χ2v) is 5.95. The molecule has 1 N–H and O–H groups in total. The molecular weight excluding hydrogens is 324 g/mol. The first kappa shape index (κ1) is 17.6. The van der Waals surface area contributed by atoms with E-state index in [-0.39, 0.29) is 5.91 Å². The molecule has 0 bridgehead atoms. The number of nitrogens with zero attached hydrogens (tertiary/aromatic N) is 3. The van der Waals surface area contributed by atoms with Gasteiger partial charge in [-0.1, -0.05) is 55.5 Å². The van der Waals surface area contributed by atoms with Gasteiger partial charge in [-0.2, -0.15) is 0 Å². The van der Waals surface area contributed by atoms with Gasteiger partial charge in [-0.3, -0.25) is 4.79 Å². The van der Waals surface area contributed by atoms with Crippen molar-refractivity contribution in [1.82, 2.24) is 15.3 Å². The fourth-order valence-corrected chi connectivity index (χ4v) is 2.55. The molecule has 1 aromatic heterocycles. The van der Waals surface area contributed by atoms with E-state index < -0.39 is 0 Å². The van der Waals surface area contributed by atoms with Gasteiger partial charge in [-0.05, 0) is 18.6 Å². The molecule has 0 unspecified atom stereocenters. The van der Waals surface area contributed by atoms with Gasteiger partial charge in [-0.25, -0.2) is 9.97 Å². The molecule has 0 fully saturated rings. The van der Waals surface area contributed by atoms with Crippen LogP contribution >= 0.6 is 0 Å². The quantitative estimate of drug-likeness (QED) is 0.731. The topological polar surface area (TPSA) is 58.1 Å². The molecule has 26 heavy (non-hydrogen) atoms. The van der Waals surface area contributed by atoms with E-state index in [0.29, 0.717) is 23.9 Å². The minimum absolute atomic E-state index is 0.186. The molecule has 2 aromatic carbocycles. The van der Waals surface area contributed by atoms with E-state index in [1.807, 2.05) is 79.5 Å². The number of hydrogen-bond acceptors (Lipinski definition) is 4. The fraction of sp³-hybridized carbons (Fsp3) is 0.190. The molecule has 132 valence electrons. The van der Waals surface area contributed by atoms with Gasteiger partial charge >= 0.3 is 0 Å². The second kappa shape index (κ2) is 8.25. The number of aromatic nitrogens is 2. The predicted molar refractivity (Wildman–Crippen MR) is 105 cm³/mol. The predicted octanol–water partition coefficient (Wildman–Crippen LogP) is 4.05. The lowest BCUT2D eigenvalue weighted by molar-refractivity contribution is 0.0948.